The molecule has 0 aromatic carbocycles. The molecular weight excluding hydrogens is 280 g/mol. The highest BCUT2D eigenvalue weighted by Gasteiger charge is 2.42. The highest BCUT2D eigenvalue weighted by atomic mass is 32.2. The highest BCUT2D eigenvalue weighted by molar-refractivity contribution is 8.00. The number of urea groups is 1. The third kappa shape index (κ3) is 4.02. The number of aliphatic carboxylic acids is 1. The van der Waals surface area contributed by atoms with Gasteiger partial charge in [-0.2, -0.15) is 0 Å². The van der Waals surface area contributed by atoms with E-state index in [2.05, 4.69) is 0 Å². The lowest BCUT2D eigenvalue weighted by Gasteiger charge is -2.35. The number of hydrogen-bond donors (Lipinski definition) is 2. The maximum atomic E-state index is 12.6. The quantitative estimate of drug-likeness (QED) is 0.803. The summed E-state index contributed by atoms with van der Waals surface area (Å²) >= 11 is 1.50. The largest absolute Gasteiger partial charge is 0.480 e. The van der Waals surface area contributed by atoms with E-state index in [9.17, 15) is 19.8 Å². The van der Waals surface area contributed by atoms with Crippen LogP contribution in [0.1, 0.15) is 34.1 Å². The van der Waals surface area contributed by atoms with Gasteiger partial charge in [0.1, 0.15) is 6.04 Å². The minimum absolute atomic E-state index is 0.112. The predicted octanol–water partition coefficient (Wildman–Crippen LogP) is 1.44. The lowest BCUT2D eigenvalue weighted by atomic mass is 10.1. The summed E-state index contributed by atoms with van der Waals surface area (Å²) in [6, 6.07) is -1.09. The Kier molecular flexibility index (Phi) is 5.70. The molecular formula is C13H24N2O4S. The smallest absolute Gasteiger partial charge is 0.327 e. The minimum Gasteiger partial charge on any atom is -0.480 e. The predicted molar refractivity (Wildman–Crippen MR) is 78.7 cm³/mol. The lowest BCUT2D eigenvalue weighted by Crippen LogP contribution is -2.54. The molecule has 0 aromatic rings. The Morgan fingerprint density at radius 3 is 2.40 bits per heavy atom. The number of carbonyl (C=O) groups excluding carboxylic acids is 1. The second-order valence-corrected chi connectivity index (χ2v) is 6.78. The standard InChI is InChI=1S/C13H24N2O4S/c1-5-10-15(9(7-20-10)11(16)17)12(18)14(6-2)8-13(3,4)19/h9-10,19H,5-8H2,1-4H3,(H,16,17). The number of carboxylic acid groups (broad SMARTS) is 1. The molecule has 0 aliphatic carbocycles. The molecule has 1 rings (SSSR count). The van der Waals surface area contributed by atoms with E-state index in [-0.39, 0.29) is 17.9 Å². The van der Waals surface area contributed by atoms with Crippen LogP contribution in [0.15, 0.2) is 0 Å². The van der Waals surface area contributed by atoms with E-state index < -0.39 is 17.6 Å². The van der Waals surface area contributed by atoms with Crippen LogP contribution in [0.3, 0.4) is 0 Å². The summed E-state index contributed by atoms with van der Waals surface area (Å²) in [7, 11) is 0. The summed E-state index contributed by atoms with van der Waals surface area (Å²) < 4.78 is 0. The summed E-state index contributed by atoms with van der Waals surface area (Å²) in [5.74, 6) is -0.555. The number of amides is 2. The van der Waals surface area contributed by atoms with Crippen molar-refractivity contribution in [3.05, 3.63) is 0 Å². The van der Waals surface area contributed by atoms with Crippen molar-refractivity contribution in [1.29, 1.82) is 0 Å². The average molecular weight is 304 g/mol. The molecule has 0 radical (unpaired) electrons. The SMILES string of the molecule is CCC1SCC(C(=O)O)N1C(=O)N(CC)CC(C)(C)O. The van der Waals surface area contributed by atoms with Crippen molar-refractivity contribution in [2.45, 2.75) is 51.1 Å². The van der Waals surface area contributed by atoms with Crippen LogP contribution in [0.5, 0.6) is 0 Å². The number of carbonyl (C=O) groups is 2. The number of carboxylic acids is 1. The van der Waals surface area contributed by atoms with E-state index in [1.54, 1.807) is 13.8 Å². The number of hydrogen-bond acceptors (Lipinski definition) is 4. The van der Waals surface area contributed by atoms with Crippen LogP contribution in [-0.2, 0) is 4.79 Å². The molecule has 0 bridgehead atoms. The fourth-order valence-electron chi connectivity index (χ4n) is 2.27. The maximum Gasteiger partial charge on any atom is 0.327 e. The molecule has 1 fully saturated rings. The third-order valence-corrected chi connectivity index (χ3v) is 4.63. The maximum absolute atomic E-state index is 12.6. The minimum atomic E-state index is -1.00. The summed E-state index contributed by atoms with van der Waals surface area (Å²) in [6.45, 7) is 7.65. The highest BCUT2D eigenvalue weighted by Crippen LogP contribution is 2.32. The first-order valence-corrected chi connectivity index (χ1v) is 7.90. The number of thioether (sulfide) groups is 1. The van der Waals surface area contributed by atoms with Gasteiger partial charge in [-0.15, -0.1) is 11.8 Å². The number of rotatable bonds is 5. The van der Waals surface area contributed by atoms with Crippen LogP contribution >= 0.6 is 11.8 Å². The van der Waals surface area contributed by atoms with Gasteiger partial charge in [-0.3, -0.25) is 4.90 Å². The molecule has 1 aliphatic rings. The molecule has 20 heavy (non-hydrogen) atoms. The first kappa shape index (κ1) is 17.1. The zero-order valence-corrected chi connectivity index (χ0v) is 13.3. The number of aliphatic hydroxyl groups is 1. The summed E-state index contributed by atoms with van der Waals surface area (Å²) in [4.78, 5) is 26.9. The molecule has 7 heteroatoms. The molecule has 0 spiro atoms. The molecule has 1 aliphatic heterocycles. The van der Waals surface area contributed by atoms with Crippen molar-refractivity contribution in [3.63, 3.8) is 0 Å². The van der Waals surface area contributed by atoms with Crippen LogP contribution in [0.4, 0.5) is 4.79 Å². The van der Waals surface area contributed by atoms with Crippen molar-refractivity contribution in [2.75, 3.05) is 18.8 Å². The Bertz CT molecular complexity index is 370. The van der Waals surface area contributed by atoms with Gasteiger partial charge in [-0.05, 0) is 27.2 Å². The first-order chi connectivity index (χ1) is 9.21. The first-order valence-electron chi connectivity index (χ1n) is 6.85. The van der Waals surface area contributed by atoms with Crippen LogP contribution in [-0.4, -0.2) is 67.9 Å². The zero-order valence-electron chi connectivity index (χ0n) is 12.5. The van der Waals surface area contributed by atoms with Gasteiger partial charge < -0.3 is 15.1 Å². The topological polar surface area (TPSA) is 81.1 Å². The van der Waals surface area contributed by atoms with Crippen molar-refractivity contribution in [3.8, 4) is 0 Å². The Hall–Kier alpha value is -0.950. The van der Waals surface area contributed by atoms with Gasteiger partial charge in [0, 0.05) is 12.3 Å². The van der Waals surface area contributed by atoms with E-state index in [1.165, 1.54) is 21.6 Å². The van der Waals surface area contributed by atoms with E-state index in [0.717, 1.165) is 0 Å². The van der Waals surface area contributed by atoms with Crippen molar-refractivity contribution in [1.82, 2.24) is 9.80 Å². The van der Waals surface area contributed by atoms with E-state index in [1.807, 2.05) is 13.8 Å². The molecule has 0 saturated carbocycles. The third-order valence-electron chi connectivity index (χ3n) is 3.18. The average Bonchev–Trinajstić information content (AvgIpc) is 2.77. The fourth-order valence-corrected chi connectivity index (χ4v) is 3.61. The van der Waals surface area contributed by atoms with Crippen LogP contribution in [0.25, 0.3) is 0 Å². The second-order valence-electron chi connectivity index (χ2n) is 5.57. The van der Waals surface area contributed by atoms with Gasteiger partial charge in [-0.25, -0.2) is 9.59 Å². The molecule has 1 saturated heterocycles. The summed E-state index contributed by atoms with van der Waals surface area (Å²) in [6.07, 6.45) is 0.709. The molecule has 1 heterocycles. The molecule has 2 unspecified atom stereocenters. The van der Waals surface area contributed by atoms with Gasteiger partial charge in [0.2, 0.25) is 0 Å². The van der Waals surface area contributed by atoms with Gasteiger partial charge in [0.25, 0.3) is 0 Å². The van der Waals surface area contributed by atoms with Gasteiger partial charge >= 0.3 is 12.0 Å². The van der Waals surface area contributed by atoms with Crippen molar-refractivity contribution in [2.24, 2.45) is 0 Å². The summed E-state index contributed by atoms with van der Waals surface area (Å²) in [5, 5.41) is 19.0. The zero-order chi connectivity index (χ0) is 15.5. The monoisotopic (exact) mass is 304 g/mol. The van der Waals surface area contributed by atoms with Crippen molar-refractivity contribution >= 4 is 23.8 Å². The van der Waals surface area contributed by atoms with Gasteiger partial charge in [0.05, 0.1) is 17.5 Å². The Balaban J connectivity index is 2.92. The van der Waals surface area contributed by atoms with Gasteiger partial charge in [0.15, 0.2) is 0 Å². The Morgan fingerprint density at radius 2 is 2.00 bits per heavy atom. The molecule has 2 N–H and O–H groups in total. The fraction of sp³-hybridized carbons (Fsp3) is 0.846. The van der Waals surface area contributed by atoms with Crippen molar-refractivity contribution < 1.29 is 19.8 Å². The molecule has 2 atom stereocenters. The molecule has 0 aromatic heterocycles. The van der Waals surface area contributed by atoms with E-state index >= 15 is 0 Å². The molecule has 2 amide bonds. The molecule has 6 nitrogen and oxygen atoms in total. The lowest BCUT2D eigenvalue weighted by molar-refractivity contribution is -0.141. The Morgan fingerprint density at radius 1 is 1.40 bits per heavy atom. The molecule has 116 valence electrons. The Labute approximate surface area is 124 Å². The summed E-state index contributed by atoms with van der Waals surface area (Å²) in [5.41, 5.74) is -1.00. The van der Waals surface area contributed by atoms with E-state index in [0.29, 0.717) is 18.7 Å². The number of nitrogens with zero attached hydrogens (tertiary/aromatic N) is 2. The normalized spacial score (nSPS) is 22.9. The van der Waals surface area contributed by atoms with Gasteiger partial charge in [-0.1, -0.05) is 6.92 Å². The van der Waals surface area contributed by atoms with E-state index in [4.69, 9.17) is 0 Å². The van der Waals surface area contributed by atoms with Crippen LogP contribution in [0.2, 0.25) is 0 Å². The number of likely N-dealkylation sites (N-methyl/N-ethyl adjacent to an activating group) is 1. The van der Waals surface area contributed by atoms with Crippen LogP contribution < -0.4 is 0 Å². The van der Waals surface area contributed by atoms with Crippen LogP contribution in [0, 0.1) is 0 Å². The second kappa shape index (κ2) is 6.67.